The summed E-state index contributed by atoms with van der Waals surface area (Å²) in [5.41, 5.74) is 1.28. The zero-order chi connectivity index (χ0) is 15.9. The van der Waals surface area contributed by atoms with Crippen molar-refractivity contribution in [1.82, 2.24) is 5.32 Å². The van der Waals surface area contributed by atoms with Crippen LogP contribution in [-0.4, -0.2) is 18.4 Å². The molecule has 0 unspecified atom stereocenters. The van der Waals surface area contributed by atoms with Crippen LogP contribution in [0.25, 0.3) is 0 Å². The van der Waals surface area contributed by atoms with Gasteiger partial charge in [-0.25, -0.2) is 4.39 Å². The molecule has 0 bridgehead atoms. The third-order valence-corrected chi connectivity index (χ3v) is 3.10. The quantitative estimate of drug-likeness (QED) is 0.890. The number of carbonyl (C=O) groups is 2. The van der Waals surface area contributed by atoms with E-state index >= 15 is 0 Å². The lowest BCUT2D eigenvalue weighted by molar-refractivity contribution is -0.123. The summed E-state index contributed by atoms with van der Waals surface area (Å²) in [7, 11) is 0. The molecule has 2 aromatic rings. The van der Waals surface area contributed by atoms with Crippen LogP contribution < -0.4 is 10.6 Å². The van der Waals surface area contributed by atoms with E-state index < -0.39 is 0 Å². The van der Waals surface area contributed by atoms with Crippen LogP contribution in [-0.2, 0) is 16.0 Å². The van der Waals surface area contributed by atoms with Gasteiger partial charge < -0.3 is 10.6 Å². The average molecular weight is 321 g/mol. The Balaban J connectivity index is 1.76. The van der Waals surface area contributed by atoms with Gasteiger partial charge in [0, 0.05) is 10.7 Å². The van der Waals surface area contributed by atoms with Gasteiger partial charge in [0.1, 0.15) is 5.82 Å². The molecule has 0 aromatic heterocycles. The van der Waals surface area contributed by atoms with E-state index in [1.54, 1.807) is 24.3 Å². The summed E-state index contributed by atoms with van der Waals surface area (Å²) in [6, 6.07) is 12.3. The van der Waals surface area contributed by atoms with Crippen LogP contribution >= 0.6 is 11.6 Å². The van der Waals surface area contributed by atoms with Crippen molar-refractivity contribution in [3.63, 3.8) is 0 Å². The lowest BCUT2D eigenvalue weighted by Gasteiger charge is -2.07. The van der Waals surface area contributed by atoms with Gasteiger partial charge in [0.2, 0.25) is 11.8 Å². The highest BCUT2D eigenvalue weighted by molar-refractivity contribution is 6.30. The molecule has 0 heterocycles. The van der Waals surface area contributed by atoms with Crippen LogP contribution in [0.5, 0.6) is 0 Å². The highest BCUT2D eigenvalue weighted by atomic mass is 35.5. The van der Waals surface area contributed by atoms with Crippen LogP contribution in [0.4, 0.5) is 10.1 Å². The lowest BCUT2D eigenvalue weighted by Crippen LogP contribution is -2.33. The molecule has 0 radical (unpaired) electrons. The molecular weight excluding hydrogens is 307 g/mol. The van der Waals surface area contributed by atoms with Crippen LogP contribution in [0.1, 0.15) is 5.56 Å². The molecule has 0 atom stereocenters. The van der Waals surface area contributed by atoms with E-state index in [2.05, 4.69) is 10.6 Å². The Labute approximate surface area is 132 Å². The summed E-state index contributed by atoms with van der Waals surface area (Å²) in [6.07, 6.45) is 0.168. The summed E-state index contributed by atoms with van der Waals surface area (Å²) in [5.74, 6) is -1.03. The SMILES string of the molecule is O=C(Cc1ccc(Cl)cc1)NCC(=O)Nc1ccc(F)cc1. The van der Waals surface area contributed by atoms with E-state index in [4.69, 9.17) is 11.6 Å². The van der Waals surface area contributed by atoms with Gasteiger partial charge in [-0.05, 0) is 42.0 Å². The molecule has 0 aliphatic rings. The highest BCUT2D eigenvalue weighted by Gasteiger charge is 2.07. The number of halogens is 2. The number of nitrogens with one attached hydrogen (secondary N) is 2. The number of carbonyl (C=O) groups excluding carboxylic acids is 2. The highest BCUT2D eigenvalue weighted by Crippen LogP contribution is 2.10. The molecule has 2 rings (SSSR count). The molecule has 2 aromatic carbocycles. The van der Waals surface area contributed by atoms with Crippen molar-refractivity contribution < 1.29 is 14.0 Å². The summed E-state index contributed by atoms with van der Waals surface area (Å²) in [4.78, 5) is 23.4. The molecule has 0 fully saturated rings. The minimum Gasteiger partial charge on any atom is -0.347 e. The standard InChI is InChI=1S/C16H14ClFN2O2/c17-12-3-1-11(2-4-12)9-15(21)19-10-16(22)20-14-7-5-13(18)6-8-14/h1-8H,9-10H2,(H,19,21)(H,20,22). The molecule has 0 spiro atoms. The van der Waals surface area contributed by atoms with Crippen LogP contribution in [0.2, 0.25) is 5.02 Å². The molecule has 2 N–H and O–H groups in total. The minimum absolute atomic E-state index is 0.149. The van der Waals surface area contributed by atoms with E-state index in [1.807, 2.05) is 0 Å². The smallest absolute Gasteiger partial charge is 0.243 e. The zero-order valence-corrected chi connectivity index (χ0v) is 12.4. The van der Waals surface area contributed by atoms with Gasteiger partial charge in [0.25, 0.3) is 0 Å². The summed E-state index contributed by atoms with van der Waals surface area (Å²) >= 11 is 5.76. The molecule has 2 amide bonds. The third kappa shape index (κ3) is 5.18. The first-order valence-electron chi connectivity index (χ1n) is 6.59. The molecule has 4 nitrogen and oxygen atoms in total. The van der Waals surface area contributed by atoms with Crippen LogP contribution in [0.3, 0.4) is 0 Å². The van der Waals surface area contributed by atoms with Gasteiger partial charge in [0.15, 0.2) is 0 Å². The van der Waals surface area contributed by atoms with Gasteiger partial charge in [-0.3, -0.25) is 9.59 Å². The predicted octanol–water partition coefficient (Wildman–Crippen LogP) is 2.78. The normalized spacial score (nSPS) is 10.1. The molecule has 6 heteroatoms. The van der Waals surface area contributed by atoms with Crippen molar-refractivity contribution in [2.75, 3.05) is 11.9 Å². The van der Waals surface area contributed by atoms with E-state index in [0.29, 0.717) is 10.7 Å². The van der Waals surface area contributed by atoms with E-state index in [9.17, 15) is 14.0 Å². The van der Waals surface area contributed by atoms with Crippen molar-refractivity contribution >= 4 is 29.1 Å². The molecule has 0 aliphatic heterocycles. The van der Waals surface area contributed by atoms with Gasteiger partial charge in [-0.1, -0.05) is 23.7 Å². The van der Waals surface area contributed by atoms with Gasteiger partial charge in [0.05, 0.1) is 13.0 Å². The van der Waals surface area contributed by atoms with Crippen molar-refractivity contribution in [2.24, 2.45) is 0 Å². The molecule has 0 saturated heterocycles. The van der Waals surface area contributed by atoms with Crippen molar-refractivity contribution in [1.29, 1.82) is 0 Å². The average Bonchev–Trinajstić information content (AvgIpc) is 2.50. The monoisotopic (exact) mass is 320 g/mol. The summed E-state index contributed by atoms with van der Waals surface area (Å²) < 4.78 is 12.7. The Morgan fingerprint density at radius 1 is 0.955 bits per heavy atom. The number of anilines is 1. The fourth-order valence-corrected chi connectivity index (χ4v) is 1.89. The largest absolute Gasteiger partial charge is 0.347 e. The van der Waals surface area contributed by atoms with Crippen LogP contribution in [0, 0.1) is 5.82 Å². The second kappa shape index (κ2) is 7.56. The van der Waals surface area contributed by atoms with E-state index in [1.165, 1.54) is 24.3 Å². The fourth-order valence-electron chi connectivity index (χ4n) is 1.77. The topological polar surface area (TPSA) is 58.2 Å². The van der Waals surface area contributed by atoms with Gasteiger partial charge >= 0.3 is 0 Å². The summed E-state index contributed by atoms with van der Waals surface area (Å²) in [6.45, 7) is -0.149. The molecule has 22 heavy (non-hydrogen) atoms. The Hall–Kier alpha value is -2.40. The number of hydrogen-bond donors (Lipinski definition) is 2. The first-order chi connectivity index (χ1) is 10.5. The van der Waals surface area contributed by atoms with Crippen LogP contribution in [0.15, 0.2) is 48.5 Å². The molecule has 0 saturated carbocycles. The fraction of sp³-hybridized carbons (Fsp3) is 0.125. The third-order valence-electron chi connectivity index (χ3n) is 2.85. The predicted molar refractivity (Wildman–Crippen MR) is 83.2 cm³/mol. The van der Waals surface area contributed by atoms with E-state index in [0.717, 1.165) is 5.56 Å². The number of amides is 2. The Morgan fingerprint density at radius 2 is 1.59 bits per heavy atom. The maximum absolute atomic E-state index is 12.7. The van der Waals surface area contributed by atoms with Crippen molar-refractivity contribution in [3.8, 4) is 0 Å². The Kier molecular flexibility index (Phi) is 5.49. The number of rotatable bonds is 5. The van der Waals surface area contributed by atoms with Gasteiger partial charge in [-0.15, -0.1) is 0 Å². The van der Waals surface area contributed by atoms with E-state index in [-0.39, 0.29) is 30.6 Å². The first-order valence-corrected chi connectivity index (χ1v) is 6.97. The second-order valence-electron chi connectivity index (χ2n) is 4.64. The number of benzene rings is 2. The Morgan fingerprint density at radius 3 is 2.23 bits per heavy atom. The maximum Gasteiger partial charge on any atom is 0.243 e. The molecule has 0 aliphatic carbocycles. The second-order valence-corrected chi connectivity index (χ2v) is 5.07. The lowest BCUT2D eigenvalue weighted by atomic mass is 10.1. The molecule has 114 valence electrons. The first kappa shape index (κ1) is 16.0. The number of hydrogen-bond acceptors (Lipinski definition) is 2. The zero-order valence-electron chi connectivity index (χ0n) is 11.6. The van der Waals surface area contributed by atoms with Crippen molar-refractivity contribution in [2.45, 2.75) is 6.42 Å². The minimum atomic E-state index is -0.380. The Bertz CT molecular complexity index is 597. The molecular formula is C16H14ClFN2O2. The van der Waals surface area contributed by atoms with Crippen molar-refractivity contribution in [3.05, 3.63) is 64.9 Å². The van der Waals surface area contributed by atoms with Gasteiger partial charge in [-0.2, -0.15) is 0 Å². The summed E-state index contributed by atoms with van der Waals surface area (Å²) in [5, 5.41) is 5.68. The maximum atomic E-state index is 12.7.